The number of hydrogen-bond acceptors (Lipinski definition) is 5. The Balaban J connectivity index is 1.63. The molecule has 0 fully saturated rings. The summed E-state index contributed by atoms with van der Waals surface area (Å²) < 4.78 is 34.8. The summed E-state index contributed by atoms with van der Waals surface area (Å²) in [4.78, 5) is 4.59. The average Bonchev–Trinajstić information content (AvgIpc) is 2.84. The predicted octanol–water partition coefficient (Wildman–Crippen LogP) is 4.15. The molecule has 0 aromatic heterocycles. The molecule has 0 radical (unpaired) electrons. The van der Waals surface area contributed by atoms with Crippen molar-refractivity contribution < 1.29 is 13.2 Å². The van der Waals surface area contributed by atoms with Crippen LogP contribution in [0.25, 0.3) is 0 Å². The van der Waals surface area contributed by atoms with Crippen LogP contribution in [0, 0.1) is 6.92 Å². The van der Waals surface area contributed by atoms with E-state index in [-0.39, 0.29) is 17.5 Å². The molecule has 1 atom stereocenters. The number of nitrogens with one attached hydrogen (secondary N) is 1. The van der Waals surface area contributed by atoms with Gasteiger partial charge in [-0.15, -0.1) is 0 Å². The fourth-order valence-electron chi connectivity index (χ4n) is 4.50. The van der Waals surface area contributed by atoms with Gasteiger partial charge in [0.2, 0.25) is 10.0 Å². The largest absolute Gasteiger partial charge is 0.495 e. The molecular weight excluding hydrogens is 446 g/mol. The van der Waals surface area contributed by atoms with Crippen molar-refractivity contribution in [1.82, 2.24) is 9.62 Å². The van der Waals surface area contributed by atoms with E-state index in [1.807, 2.05) is 27.1 Å². The first kappa shape index (κ1) is 24.3. The highest BCUT2D eigenvalue weighted by atomic mass is 32.2. The van der Waals surface area contributed by atoms with Crippen molar-refractivity contribution in [2.24, 2.45) is 0 Å². The molecule has 3 aromatic rings. The highest BCUT2D eigenvalue weighted by molar-refractivity contribution is 7.89. The molecule has 180 valence electrons. The summed E-state index contributed by atoms with van der Waals surface area (Å²) in [6.07, 6.45) is 0.945. The molecule has 0 amide bonds. The zero-order valence-electron chi connectivity index (χ0n) is 20.3. The van der Waals surface area contributed by atoms with Crippen molar-refractivity contribution in [2.75, 3.05) is 39.2 Å². The molecule has 0 aliphatic carbocycles. The van der Waals surface area contributed by atoms with Crippen LogP contribution in [0.5, 0.6) is 5.75 Å². The zero-order valence-corrected chi connectivity index (χ0v) is 21.1. The third kappa shape index (κ3) is 5.27. The molecule has 0 saturated carbocycles. The van der Waals surface area contributed by atoms with Gasteiger partial charge in [-0.3, -0.25) is 4.90 Å². The summed E-state index contributed by atoms with van der Waals surface area (Å²) in [5.74, 6) is 0.344. The minimum atomic E-state index is -3.76. The maximum Gasteiger partial charge on any atom is 0.244 e. The summed E-state index contributed by atoms with van der Waals surface area (Å²) in [6, 6.07) is 21.9. The van der Waals surface area contributed by atoms with Gasteiger partial charge in [0.05, 0.1) is 7.11 Å². The number of sulfonamides is 1. The minimum absolute atomic E-state index is 0.102. The van der Waals surface area contributed by atoms with Gasteiger partial charge < -0.3 is 9.64 Å². The van der Waals surface area contributed by atoms with Crippen LogP contribution in [0.1, 0.15) is 28.3 Å². The summed E-state index contributed by atoms with van der Waals surface area (Å²) in [7, 11) is 1.75. The van der Waals surface area contributed by atoms with E-state index in [0.717, 1.165) is 36.3 Å². The summed E-state index contributed by atoms with van der Waals surface area (Å²) in [6.45, 7) is 3.79. The molecule has 4 rings (SSSR count). The Morgan fingerprint density at radius 3 is 2.41 bits per heavy atom. The molecule has 0 spiro atoms. The first-order valence-electron chi connectivity index (χ1n) is 11.5. The lowest BCUT2D eigenvalue weighted by Crippen LogP contribution is -2.40. The fraction of sp³-hybridized carbons (Fsp3) is 0.333. The van der Waals surface area contributed by atoms with Crippen LogP contribution in [0.15, 0.2) is 71.6 Å². The number of ether oxygens (including phenoxy) is 1. The van der Waals surface area contributed by atoms with Gasteiger partial charge >= 0.3 is 0 Å². The Bertz CT molecular complexity index is 1240. The smallest absolute Gasteiger partial charge is 0.244 e. The summed E-state index contributed by atoms with van der Waals surface area (Å²) in [5.41, 5.74) is 5.72. The van der Waals surface area contributed by atoms with Crippen LogP contribution in [-0.2, 0) is 23.0 Å². The highest BCUT2D eigenvalue weighted by Crippen LogP contribution is 2.30. The van der Waals surface area contributed by atoms with Gasteiger partial charge in [0.25, 0.3) is 0 Å². The van der Waals surface area contributed by atoms with Gasteiger partial charge in [0.15, 0.2) is 0 Å². The third-order valence-corrected chi connectivity index (χ3v) is 7.92. The first-order valence-corrected chi connectivity index (χ1v) is 13.0. The van der Waals surface area contributed by atoms with Gasteiger partial charge in [0, 0.05) is 45.5 Å². The monoisotopic (exact) mass is 479 g/mol. The number of aryl methyl sites for hydroxylation is 1. The van der Waals surface area contributed by atoms with Crippen molar-refractivity contribution in [1.29, 1.82) is 0 Å². The van der Waals surface area contributed by atoms with Crippen LogP contribution in [0.4, 0.5) is 5.69 Å². The van der Waals surface area contributed by atoms with E-state index in [9.17, 15) is 8.42 Å². The number of fused-ring (bicyclic) bond motifs is 1. The number of rotatable bonds is 8. The topological polar surface area (TPSA) is 61.9 Å². The maximum atomic E-state index is 13.3. The maximum absolute atomic E-state index is 13.3. The normalized spacial score (nSPS) is 14.9. The molecule has 34 heavy (non-hydrogen) atoms. The highest BCUT2D eigenvalue weighted by Gasteiger charge is 2.28. The Morgan fingerprint density at radius 1 is 1.03 bits per heavy atom. The Hall–Kier alpha value is -2.87. The van der Waals surface area contributed by atoms with Crippen LogP contribution in [-0.4, -0.2) is 47.6 Å². The molecular formula is C27H33N3O3S. The van der Waals surface area contributed by atoms with Crippen molar-refractivity contribution in [2.45, 2.75) is 30.8 Å². The number of hydrogen-bond donors (Lipinski definition) is 1. The summed E-state index contributed by atoms with van der Waals surface area (Å²) in [5, 5.41) is 0. The van der Waals surface area contributed by atoms with Crippen molar-refractivity contribution in [3.05, 3.63) is 89.0 Å². The molecule has 0 bridgehead atoms. The van der Waals surface area contributed by atoms with Gasteiger partial charge in [0.1, 0.15) is 10.6 Å². The lowest BCUT2D eigenvalue weighted by atomic mass is 9.96. The molecule has 6 nitrogen and oxygen atoms in total. The summed E-state index contributed by atoms with van der Waals surface area (Å²) >= 11 is 0. The molecule has 1 N–H and O–H groups in total. The average molecular weight is 480 g/mol. The van der Waals surface area contributed by atoms with E-state index >= 15 is 0 Å². The number of nitrogens with zero attached hydrogens (tertiary/aromatic N) is 2. The lowest BCUT2D eigenvalue weighted by Gasteiger charge is -2.36. The molecule has 0 saturated heterocycles. The van der Waals surface area contributed by atoms with E-state index in [0.29, 0.717) is 5.75 Å². The first-order chi connectivity index (χ1) is 16.3. The second-order valence-corrected chi connectivity index (χ2v) is 10.7. The van der Waals surface area contributed by atoms with E-state index in [4.69, 9.17) is 4.74 Å². The van der Waals surface area contributed by atoms with Gasteiger partial charge in [-0.05, 0) is 59.9 Å². The van der Waals surface area contributed by atoms with Crippen LogP contribution >= 0.6 is 0 Å². The number of benzene rings is 3. The lowest BCUT2D eigenvalue weighted by molar-refractivity contribution is 0.180. The van der Waals surface area contributed by atoms with Gasteiger partial charge in [-0.1, -0.05) is 42.5 Å². The van der Waals surface area contributed by atoms with Crippen LogP contribution < -0.4 is 14.4 Å². The Morgan fingerprint density at radius 2 is 1.74 bits per heavy atom. The van der Waals surface area contributed by atoms with E-state index in [1.54, 1.807) is 12.1 Å². The van der Waals surface area contributed by atoms with Gasteiger partial charge in [-0.25, -0.2) is 13.1 Å². The van der Waals surface area contributed by atoms with Crippen LogP contribution in [0.2, 0.25) is 0 Å². The van der Waals surface area contributed by atoms with E-state index < -0.39 is 10.0 Å². The minimum Gasteiger partial charge on any atom is -0.495 e. The zero-order chi connectivity index (χ0) is 24.3. The molecule has 1 aliphatic heterocycles. The third-order valence-electron chi connectivity index (χ3n) is 6.47. The quantitative estimate of drug-likeness (QED) is 0.526. The number of anilines is 1. The SMILES string of the molecule is COc1ccc(C)cc1S(=O)(=O)NC[C@H](c1ccc(N(C)C)cc1)N1CCc2ccccc2C1. The van der Waals surface area contributed by atoms with Crippen LogP contribution in [0.3, 0.4) is 0 Å². The molecule has 1 heterocycles. The molecule has 7 heteroatoms. The second-order valence-electron chi connectivity index (χ2n) is 9.00. The van der Waals surface area contributed by atoms with E-state index in [2.05, 4.69) is 63.1 Å². The van der Waals surface area contributed by atoms with Crippen molar-refractivity contribution >= 4 is 15.7 Å². The molecule has 1 aliphatic rings. The van der Waals surface area contributed by atoms with E-state index in [1.165, 1.54) is 18.2 Å². The van der Waals surface area contributed by atoms with Crippen molar-refractivity contribution in [3.63, 3.8) is 0 Å². The molecule has 3 aromatic carbocycles. The standard InChI is InChI=1S/C27H33N3O3S/c1-20-9-14-26(33-4)27(17-20)34(31,32)28-18-25(22-10-12-24(13-11-22)29(2)3)30-16-15-21-7-5-6-8-23(21)19-30/h5-14,17,25,28H,15-16,18-19H2,1-4H3/t25-/m1/s1. The number of methoxy groups -OCH3 is 1. The fourth-order valence-corrected chi connectivity index (χ4v) is 5.79. The molecule has 0 unspecified atom stereocenters. The van der Waals surface area contributed by atoms with Gasteiger partial charge in [-0.2, -0.15) is 0 Å². The Kier molecular flexibility index (Phi) is 7.26. The second kappa shape index (κ2) is 10.2. The predicted molar refractivity (Wildman–Crippen MR) is 137 cm³/mol. The Labute approximate surface area is 203 Å². The van der Waals surface area contributed by atoms with Crippen molar-refractivity contribution in [3.8, 4) is 5.75 Å².